The predicted octanol–water partition coefficient (Wildman–Crippen LogP) is 2.13. The van der Waals surface area contributed by atoms with Crippen molar-refractivity contribution in [3.05, 3.63) is 53.1 Å². The molecule has 0 unspecified atom stereocenters. The molecule has 160 valence electrons. The van der Waals surface area contributed by atoms with E-state index in [1.54, 1.807) is 14.2 Å². The van der Waals surface area contributed by atoms with Gasteiger partial charge < -0.3 is 18.9 Å². The number of carbonyl (C=O) groups is 1. The fourth-order valence-corrected chi connectivity index (χ4v) is 4.35. The molecule has 1 aliphatic carbocycles. The van der Waals surface area contributed by atoms with Gasteiger partial charge in [0.25, 0.3) is 0 Å². The molecule has 5 nitrogen and oxygen atoms in total. The molecule has 2 aromatic carbocycles. The normalized spacial score (nSPS) is 13.8. The maximum absolute atomic E-state index is 11.5. The smallest absolute Gasteiger partial charge is 0.150 e. The van der Waals surface area contributed by atoms with E-state index < -0.39 is 0 Å². The average Bonchev–Trinajstić information content (AvgIpc) is 3.02. The first-order valence-corrected chi connectivity index (χ1v) is 10.5. The van der Waals surface area contributed by atoms with Crippen LogP contribution in [-0.4, -0.2) is 68.0 Å². The predicted molar refractivity (Wildman–Crippen MR) is 121 cm³/mol. The minimum absolute atomic E-state index is 0.254. The molecule has 0 atom stereocenters. The Morgan fingerprint density at radius 1 is 0.800 bits per heavy atom. The molecule has 0 radical (unpaired) electrons. The van der Waals surface area contributed by atoms with E-state index in [1.807, 2.05) is 12.1 Å². The molecule has 30 heavy (non-hydrogen) atoms. The first-order chi connectivity index (χ1) is 14.7. The van der Waals surface area contributed by atoms with Gasteiger partial charge >= 0.3 is 0 Å². The molecule has 3 rings (SSSR count). The quantitative estimate of drug-likeness (QED) is 0.288. The van der Waals surface area contributed by atoms with Gasteiger partial charge in [0.1, 0.15) is 14.1 Å². The summed E-state index contributed by atoms with van der Waals surface area (Å²) in [6.45, 7) is 3.51. The second-order valence-corrected chi connectivity index (χ2v) is 7.76. The van der Waals surface area contributed by atoms with Gasteiger partial charge in [-0.15, -0.1) is 0 Å². The Morgan fingerprint density at radius 3 is 1.93 bits per heavy atom. The number of fused-ring (bicyclic) bond motifs is 3. The molecule has 2 aromatic rings. The van der Waals surface area contributed by atoms with Gasteiger partial charge in [0.2, 0.25) is 0 Å². The molecule has 0 saturated heterocycles. The minimum atomic E-state index is -0.254. The second kappa shape index (κ2) is 10.9. The highest BCUT2D eigenvalue weighted by Gasteiger charge is 2.42. The van der Waals surface area contributed by atoms with Gasteiger partial charge in [0.05, 0.1) is 26.4 Å². The summed E-state index contributed by atoms with van der Waals surface area (Å²) in [7, 11) is 5.47. The van der Waals surface area contributed by atoms with Gasteiger partial charge in [-0.1, -0.05) is 35.8 Å². The van der Waals surface area contributed by atoms with E-state index in [2.05, 4.69) is 32.1 Å². The molecule has 0 heterocycles. The summed E-state index contributed by atoms with van der Waals surface area (Å²) in [6, 6.07) is 12.6. The van der Waals surface area contributed by atoms with Crippen molar-refractivity contribution in [1.82, 2.24) is 0 Å². The Balaban J connectivity index is 1.97. The molecule has 0 fully saturated rings. The molecule has 0 spiro atoms. The molecule has 0 aliphatic heterocycles. The lowest BCUT2D eigenvalue weighted by atomic mass is 9.72. The van der Waals surface area contributed by atoms with Gasteiger partial charge in [-0.2, -0.15) is 0 Å². The Bertz CT molecular complexity index is 837. The van der Waals surface area contributed by atoms with Crippen LogP contribution in [0.1, 0.15) is 34.3 Å². The molecular formula is C24H31BO5. The van der Waals surface area contributed by atoms with Crippen molar-refractivity contribution >= 4 is 19.6 Å². The van der Waals surface area contributed by atoms with Crippen LogP contribution in [0.25, 0.3) is 11.1 Å². The Hall–Kier alpha value is -1.99. The summed E-state index contributed by atoms with van der Waals surface area (Å²) in [6.07, 6.45) is 2.55. The Morgan fingerprint density at radius 2 is 1.37 bits per heavy atom. The van der Waals surface area contributed by atoms with E-state index >= 15 is 0 Å². The van der Waals surface area contributed by atoms with E-state index in [-0.39, 0.29) is 5.41 Å². The summed E-state index contributed by atoms with van der Waals surface area (Å²) in [5.74, 6) is 0. The minimum Gasteiger partial charge on any atom is -0.382 e. The van der Waals surface area contributed by atoms with Crippen molar-refractivity contribution in [2.24, 2.45) is 0 Å². The van der Waals surface area contributed by atoms with Gasteiger partial charge in [0, 0.05) is 38.4 Å². The SMILES string of the molecule is Bc1ccc2c(c1)C(CCOCCOC)(CCOCCOC)c1cc(C=O)ccc1-2. The summed E-state index contributed by atoms with van der Waals surface area (Å²) >= 11 is 0. The zero-order valence-corrected chi connectivity index (χ0v) is 18.2. The van der Waals surface area contributed by atoms with Crippen LogP contribution < -0.4 is 5.46 Å². The van der Waals surface area contributed by atoms with Crippen molar-refractivity contribution in [2.75, 3.05) is 53.9 Å². The number of hydrogen-bond donors (Lipinski definition) is 0. The highest BCUT2D eigenvalue weighted by atomic mass is 16.5. The van der Waals surface area contributed by atoms with Crippen LogP contribution >= 0.6 is 0 Å². The molecule has 0 aromatic heterocycles. The summed E-state index contributed by atoms with van der Waals surface area (Å²) in [5.41, 5.74) is 6.59. The highest BCUT2D eigenvalue weighted by Crippen LogP contribution is 2.52. The first-order valence-electron chi connectivity index (χ1n) is 10.5. The molecule has 0 bridgehead atoms. The van der Waals surface area contributed by atoms with E-state index in [0.717, 1.165) is 19.1 Å². The van der Waals surface area contributed by atoms with Crippen molar-refractivity contribution < 1.29 is 23.7 Å². The van der Waals surface area contributed by atoms with Crippen molar-refractivity contribution in [2.45, 2.75) is 18.3 Å². The lowest BCUT2D eigenvalue weighted by Crippen LogP contribution is -2.30. The molecule has 1 aliphatic rings. The van der Waals surface area contributed by atoms with Crippen LogP contribution in [0.3, 0.4) is 0 Å². The number of aldehydes is 1. The third-order valence-electron chi connectivity index (χ3n) is 5.89. The van der Waals surface area contributed by atoms with Gasteiger partial charge in [-0.05, 0) is 41.2 Å². The molecule has 0 N–H and O–H groups in total. The number of rotatable bonds is 13. The van der Waals surface area contributed by atoms with Crippen molar-refractivity contribution in [1.29, 1.82) is 0 Å². The topological polar surface area (TPSA) is 54.0 Å². The first kappa shape index (κ1) is 22.7. The maximum Gasteiger partial charge on any atom is 0.150 e. The van der Waals surface area contributed by atoms with E-state index in [4.69, 9.17) is 18.9 Å². The number of ether oxygens (including phenoxy) is 4. The fraction of sp³-hybridized carbons (Fsp3) is 0.458. The standard InChI is InChI=1S/C24H31BO5/c1-27-11-13-29-9-7-24(8-10-30-14-12-28-2)22-15-18(17-26)3-5-20(22)21-6-4-19(25)16-23(21)24/h3-6,15-17H,7-14,25H2,1-2H3. The summed E-state index contributed by atoms with van der Waals surface area (Å²) in [4.78, 5) is 11.5. The van der Waals surface area contributed by atoms with Crippen molar-refractivity contribution in [3.8, 4) is 11.1 Å². The van der Waals surface area contributed by atoms with E-state index in [0.29, 0.717) is 45.2 Å². The van der Waals surface area contributed by atoms with Crippen LogP contribution in [-0.2, 0) is 24.4 Å². The highest BCUT2D eigenvalue weighted by molar-refractivity contribution is 6.32. The summed E-state index contributed by atoms with van der Waals surface area (Å²) in [5, 5.41) is 0. The third-order valence-corrected chi connectivity index (χ3v) is 5.89. The maximum atomic E-state index is 11.5. The number of benzene rings is 2. The zero-order chi connectivity index (χ0) is 21.4. The van der Waals surface area contributed by atoms with Crippen LogP contribution in [0.5, 0.6) is 0 Å². The molecular weight excluding hydrogens is 379 g/mol. The molecule has 0 amide bonds. The molecule has 0 saturated carbocycles. The largest absolute Gasteiger partial charge is 0.382 e. The monoisotopic (exact) mass is 410 g/mol. The van der Waals surface area contributed by atoms with Gasteiger partial charge in [-0.25, -0.2) is 0 Å². The van der Waals surface area contributed by atoms with Crippen LogP contribution in [0.4, 0.5) is 0 Å². The lowest BCUT2D eigenvalue weighted by molar-refractivity contribution is 0.0491. The van der Waals surface area contributed by atoms with E-state index in [1.165, 1.54) is 27.7 Å². The van der Waals surface area contributed by atoms with Crippen LogP contribution in [0.2, 0.25) is 0 Å². The number of methoxy groups -OCH3 is 2. The fourth-order valence-electron chi connectivity index (χ4n) is 4.35. The van der Waals surface area contributed by atoms with Gasteiger partial charge in [-0.3, -0.25) is 4.79 Å². The Labute approximate surface area is 180 Å². The lowest BCUT2D eigenvalue weighted by Gasteiger charge is -2.33. The second-order valence-electron chi connectivity index (χ2n) is 7.76. The Kier molecular flexibility index (Phi) is 8.22. The third kappa shape index (κ3) is 4.84. The zero-order valence-electron chi connectivity index (χ0n) is 18.2. The van der Waals surface area contributed by atoms with Crippen LogP contribution in [0.15, 0.2) is 36.4 Å². The summed E-state index contributed by atoms with van der Waals surface area (Å²) < 4.78 is 21.9. The average molecular weight is 410 g/mol. The van der Waals surface area contributed by atoms with Crippen molar-refractivity contribution in [3.63, 3.8) is 0 Å². The number of hydrogen-bond acceptors (Lipinski definition) is 5. The number of carbonyl (C=O) groups excluding carboxylic acids is 1. The van der Waals surface area contributed by atoms with E-state index in [9.17, 15) is 4.79 Å². The van der Waals surface area contributed by atoms with Crippen LogP contribution in [0, 0.1) is 0 Å². The molecule has 6 heteroatoms. The van der Waals surface area contributed by atoms with Gasteiger partial charge in [0.15, 0.2) is 0 Å².